The van der Waals surface area contributed by atoms with Gasteiger partial charge in [-0.05, 0) is 42.0 Å². The smallest absolute Gasteiger partial charge is 0.300 e. The number of anilines is 1. The molecule has 2 aliphatic heterocycles. The third-order valence-corrected chi connectivity index (χ3v) is 5.29. The zero-order chi connectivity index (χ0) is 21.5. The Labute approximate surface area is 176 Å². The highest BCUT2D eigenvalue weighted by atomic mass is 19.1. The SMILES string of the molecule is O=C1C(=O)N(c2cccc(F)c2)C(c2ccccc2)/C1=C(/O)c1ccc2c(c1)OCO2. The predicted molar refractivity (Wildman–Crippen MR) is 110 cm³/mol. The van der Waals surface area contributed by atoms with Crippen LogP contribution in [0.1, 0.15) is 17.2 Å². The Bertz CT molecular complexity index is 1240. The van der Waals surface area contributed by atoms with E-state index in [4.69, 9.17) is 9.47 Å². The largest absolute Gasteiger partial charge is 0.507 e. The fourth-order valence-corrected chi connectivity index (χ4v) is 3.87. The summed E-state index contributed by atoms with van der Waals surface area (Å²) < 4.78 is 24.6. The summed E-state index contributed by atoms with van der Waals surface area (Å²) in [5.74, 6) is -1.63. The van der Waals surface area contributed by atoms with E-state index in [-0.39, 0.29) is 23.8 Å². The van der Waals surface area contributed by atoms with Crippen LogP contribution in [-0.4, -0.2) is 23.6 Å². The molecule has 31 heavy (non-hydrogen) atoms. The maximum absolute atomic E-state index is 13.9. The van der Waals surface area contributed by atoms with Gasteiger partial charge in [-0.2, -0.15) is 0 Å². The molecule has 2 aliphatic rings. The zero-order valence-corrected chi connectivity index (χ0v) is 16.1. The van der Waals surface area contributed by atoms with Crippen molar-refractivity contribution < 1.29 is 28.6 Å². The molecular weight excluding hydrogens is 401 g/mol. The van der Waals surface area contributed by atoms with Crippen LogP contribution in [0.15, 0.2) is 78.4 Å². The molecule has 1 fully saturated rings. The molecule has 7 heteroatoms. The number of amides is 1. The second kappa shape index (κ2) is 7.28. The maximum atomic E-state index is 13.9. The quantitative estimate of drug-likeness (QED) is 0.393. The Hall–Kier alpha value is -4.13. The van der Waals surface area contributed by atoms with Crippen LogP contribution in [0.4, 0.5) is 10.1 Å². The van der Waals surface area contributed by atoms with E-state index in [2.05, 4.69) is 0 Å². The molecule has 5 rings (SSSR count). The molecule has 0 saturated carbocycles. The van der Waals surface area contributed by atoms with E-state index < -0.39 is 23.5 Å². The van der Waals surface area contributed by atoms with E-state index in [1.54, 1.807) is 54.6 Å². The summed E-state index contributed by atoms with van der Waals surface area (Å²) in [7, 11) is 0. The Morgan fingerprint density at radius 2 is 1.71 bits per heavy atom. The first-order valence-corrected chi connectivity index (χ1v) is 9.56. The third-order valence-electron chi connectivity index (χ3n) is 5.29. The van der Waals surface area contributed by atoms with Crippen molar-refractivity contribution in [3.8, 4) is 11.5 Å². The molecule has 1 unspecified atom stereocenters. The van der Waals surface area contributed by atoms with Crippen LogP contribution in [0.5, 0.6) is 11.5 Å². The maximum Gasteiger partial charge on any atom is 0.300 e. The Morgan fingerprint density at radius 1 is 0.935 bits per heavy atom. The lowest BCUT2D eigenvalue weighted by molar-refractivity contribution is -0.132. The summed E-state index contributed by atoms with van der Waals surface area (Å²) in [4.78, 5) is 27.3. The van der Waals surface area contributed by atoms with Crippen LogP contribution in [0.2, 0.25) is 0 Å². The van der Waals surface area contributed by atoms with Gasteiger partial charge in [-0.15, -0.1) is 0 Å². The van der Waals surface area contributed by atoms with Crippen LogP contribution in [0, 0.1) is 5.82 Å². The fraction of sp³-hybridized carbons (Fsp3) is 0.0833. The van der Waals surface area contributed by atoms with Gasteiger partial charge in [0.2, 0.25) is 6.79 Å². The molecule has 154 valence electrons. The van der Waals surface area contributed by atoms with Gasteiger partial charge in [-0.1, -0.05) is 36.4 Å². The summed E-state index contributed by atoms with van der Waals surface area (Å²) in [6, 6.07) is 18.1. The van der Waals surface area contributed by atoms with E-state index in [1.807, 2.05) is 0 Å². The number of hydrogen-bond acceptors (Lipinski definition) is 5. The van der Waals surface area contributed by atoms with Crippen molar-refractivity contribution in [3.05, 3.63) is 95.3 Å². The van der Waals surface area contributed by atoms with Gasteiger partial charge in [0, 0.05) is 11.3 Å². The number of benzene rings is 3. The summed E-state index contributed by atoms with van der Waals surface area (Å²) in [6.45, 7) is 0.0630. The van der Waals surface area contributed by atoms with Crippen molar-refractivity contribution in [1.82, 2.24) is 0 Å². The molecule has 0 aliphatic carbocycles. The summed E-state index contributed by atoms with van der Waals surface area (Å²) in [6.07, 6.45) is 0. The van der Waals surface area contributed by atoms with Crippen molar-refractivity contribution in [1.29, 1.82) is 0 Å². The van der Waals surface area contributed by atoms with E-state index in [1.165, 1.54) is 23.1 Å². The number of halogens is 1. The second-order valence-electron chi connectivity index (χ2n) is 7.13. The number of aliphatic hydroxyl groups is 1. The lowest BCUT2D eigenvalue weighted by atomic mass is 9.95. The average Bonchev–Trinajstić information content (AvgIpc) is 3.36. The van der Waals surface area contributed by atoms with Crippen LogP contribution in [0.3, 0.4) is 0 Å². The Balaban J connectivity index is 1.70. The number of ketones is 1. The fourth-order valence-electron chi connectivity index (χ4n) is 3.87. The van der Waals surface area contributed by atoms with Gasteiger partial charge in [0.1, 0.15) is 11.6 Å². The Morgan fingerprint density at radius 3 is 2.48 bits per heavy atom. The highest BCUT2D eigenvalue weighted by Crippen LogP contribution is 2.43. The molecule has 1 amide bonds. The summed E-state index contributed by atoms with van der Waals surface area (Å²) >= 11 is 0. The van der Waals surface area contributed by atoms with Gasteiger partial charge in [-0.3, -0.25) is 14.5 Å². The monoisotopic (exact) mass is 417 g/mol. The van der Waals surface area contributed by atoms with Crippen molar-refractivity contribution in [2.24, 2.45) is 0 Å². The van der Waals surface area contributed by atoms with Crippen molar-refractivity contribution in [3.63, 3.8) is 0 Å². The van der Waals surface area contributed by atoms with Gasteiger partial charge in [0.25, 0.3) is 11.7 Å². The van der Waals surface area contributed by atoms with E-state index in [9.17, 15) is 19.1 Å². The van der Waals surface area contributed by atoms with Gasteiger partial charge < -0.3 is 14.6 Å². The van der Waals surface area contributed by atoms with E-state index >= 15 is 0 Å². The molecule has 6 nitrogen and oxygen atoms in total. The van der Waals surface area contributed by atoms with Crippen LogP contribution >= 0.6 is 0 Å². The van der Waals surface area contributed by atoms with Gasteiger partial charge in [0.05, 0.1) is 11.6 Å². The first-order chi connectivity index (χ1) is 15.0. The van der Waals surface area contributed by atoms with Crippen LogP contribution < -0.4 is 14.4 Å². The molecule has 3 aromatic rings. The molecule has 1 saturated heterocycles. The number of hydrogen-bond donors (Lipinski definition) is 1. The van der Waals surface area contributed by atoms with Gasteiger partial charge >= 0.3 is 0 Å². The van der Waals surface area contributed by atoms with Crippen LogP contribution in [0.25, 0.3) is 5.76 Å². The molecular formula is C24H16FNO5. The molecule has 1 N–H and O–H groups in total. The minimum absolute atomic E-state index is 0.0630. The Kier molecular flexibility index (Phi) is 4.43. The first kappa shape index (κ1) is 18.9. The molecule has 2 heterocycles. The number of rotatable bonds is 3. The second-order valence-corrected chi connectivity index (χ2v) is 7.13. The van der Waals surface area contributed by atoms with E-state index in [0.29, 0.717) is 22.6 Å². The predicted octanol–water partition coefficient (Wildman–Crippen LogP) is 4.18. The highest BCUT2D eigenvalue weighted by Gasteiger charge is 2.47. The van der Waals surface area contributed by atoms with Gasteiger partial charge in [0.15, 0.2) is 11.5 Å². The number of nitrogens with zero attached hydrogens (tertiary/aromatic N) is 1. The lowest BCUT2D eigenvalue weighted by Gasteiger charge is -2.25. The topological polar surface area (TPSA) is 76.1 Å². The van der Waals surface area contributed by atoms with Gasteiger partial charge in [-0.25, -0.2) is 4.39 Å². The van der Waals surface area contributed by atoms with Crippen molar-refractivity contribution in [2.45, 2.75) is 6.04 Å². The number of aliphatic hydroxyl groups excluding tert-OH is 1. The molecule has 0 aromatic heterocycles. The number of fused-ring (bicyclic) bond motifs is 1. The lowest BCUT2D eigenvalue weighted by Crippen LogP contribution is -2.29. The number of carbonyl (C=O) groups is 2. The average molecular weight is 417 g/mol. The van der Waals surface area contributed by atoms with Crippen LogP contribution in [-0.2, 0) is 9.59 Å². The number of carbonyl (C=O) groups excluding carboxylic acids is 2. The normalized spacial score (nSPS) is 19.1. The molecule has 0 bridgehead atoms. The molecule has 0 radical (unpaired) electrons. The molecule has 3 aromatic carbocycles. The summed E-state index contributed by atoms with van der Waals surface area (Å²) in [5, 5.41) is 11.1. The summed E-state index contributed by atoms with van der Waals surface area (Å²) in [5.41, 5.74) is 1.05. The number of Topliss-reactive ketones (excluding diaryl/α,β-unsaturated/α-hetero) is 1. The zero-order valence-electron chi connectivity index (χ0n) is 16.1. The van der Waals surface area contributed by atoms with Crippen molar-refractivity contribution in [2.75, 3.05) is 11.7 Å². The molecule has 0 spiro atoms. The minimum atomic E-state index is -0.923. The third kappa shape index (κ3) is 3.11. The minimum Gasteiger partial charge on any atom is -0.507 e. The highest BCUT2D eigenvalue weighted by molar-refractivity contribution is 6.51. The first-order valence-electron chi connectivity index (χ1n) is 9.56. The molecule has 1 atom stereocenters. The van der Waals surface area contributed by atoms with E-state index in [0.717, 1.165) is 0 Å². The standard InChI is InChI=1S/C24H16FNO5/c25-16-7-4-8-17(12-16)26-21(14-5-2-1-3-6-14)20(23(28)24(26)29)22(27)15-9-10-18-19(11-15)31-13-30-18/h1-12,21,27H,13H2/b22-20-. The number of ether oxygens (including phenoxy) is 2. The van der Waals surface area contributed by atoms with Crippen molar-refractivity contribution >= 4 is 23.1 Å².